The van der Waals surface area contributed by atoms with Crippen molar-refractivity contribution in [2.75, 3.05) is 25.0 Å². The summed E-state index contributed by atoms with van der Waals surface area (Å²) in [5, 5.41) is 6.85. The van der Waals surface area contributed by atoms with Gasteiger partial charge in [-0.3, -0.25) is 0 Å². The summed E-state index contributed by atoms with van der Waals surface area (Å²) in [6, 6.07) is 6.53. The van der Waals surface area contributed by atoms with Crippen molar-refractivity contribution in [1.82, 2.24) is 5.32 Å². The molecule has 0 aromatic heterocycles. The summed E-state index contributed by atoms with van der Waals surface area (Å²) in [4.78, 5) is 0. The number of aryl methyl sites for hydroxylation is 2. The van der Waals surface area contributed by atoms with Crippen molar-refractivity contribution in [3.05, 3.63) is 29.3 Å². The molecule has 2 N–H and O–H groups in total. The van der Waals surface area contributed by atoms with Gasteiger partial charge in [0.25, 0.3) is 0 Å². The van der Waals surface area contributed by atoms with Gasteiger partial charge in [-0.05, 0) is 50.1 Å². The van der Waals surface area contributed by atoms with Gasteiger partial charge in [0.05, 0.1) is 0 Å². The second-order valence-corrected chi connectivity index (χ2v) is 4.33. The van der Waals surface area contributed by atoms with Crippen LogP contribution in [0.3, 0.4) is 0 Å². The summed E-state index contributed by atoms with van der Waals surface area (Å²) >= 11 is 0. The number of anilines is 1. The first-order valence-electron chi connectivity index (χ1n) is 6.26. The molecule has 0 heterocycles. The number of rotatable bonds is 7. The molecule has 0 fully saturated rings. The molecule has 0 amide bonds. The molecule has 1 aromatic carbocycles. The number of unbranched alkanes of at least 4 members (excludes halogenated alkanes) is 1. The zero-order valence-electron chi connectivity index (χ0n) is 10.8. The monoisotopic (exact) mass is 220 g/mol. The Kier molecular flexibility index (Phi) is 5.94. The Bertz CT molecular complexity index is 308. The van der Waals surface area contributed by atoms with E-state index in [4.69, 9.17) is 0 Å². The van der Waals surface area contributed by atoms with E-state index in [0.29, 0.717) is 0 Å². The standard InChI is InChI=1S/C14H24N2/c1-4-5-8-15-9-10-16-14-7-6-12(2)13(3)11-14/h6-7,11,15-16H,4-5,8-10H2,1-3H3. The molecule has 0 atom stereocenters. The highest BCUT2D eigenvalue weighted by Crippen LogP contribution is 2.13. The predicted molar refractivity (Wildman–Crippen MR) is 72.2 cm³/mol. The average Bonchev–Trinajstić information content (AvgIpc) is 2.28. The predicted octanol–water partition coefficient (Wildman–Crippen LogP) is 3.11. The fourth-order valence-electron chi connectivity index (χ4n) is 1.57. The van der Waals surface area contributed by atoms with E-state index in [1.54, 1.807) is 0 Å². The molecule has 16 heavy (non-hydrogen) atoms. The first-order chi connectivity index (χ1) is 7.74. The van der Waals surface area contributed by atoms with Crippen LogP contribution in [0.1, 0.15) is 30.9 Å². The Morgan fingerprint density at radius 1 is 1.00 bits per heavy atom. The lowest BCUT2D eigenvalue weighted by molar-refractivity contribution is 0.652. The Morgan fingerprint density at radius 2 is 1.81 bits per heavy atom. The van der Waals surface area contributed by atoms with E-state index in [2.05, 4.69) is 49.6 Å². The van der Waals surface area contributed by atoms with Gasteiger partial charge in [0.2, 0.25) is 0 Å². The molecule has 0 saturated carbocycles. The zero-order valence-corrected chi connectivity index (χ0v) is 10.8. The summed E-state index contributed by atoms with van der Waals surface area (Å²) in [7, 11) is 0. The van der Waals surface area contributed by atoms with Crippen LogP contribution in [-0.4, -0.2) is 19.6 Å². The Balaban J connectivity index is 2.19. The molecule has 0 unspecified atom stereocenters. The fourth-order valence-corrected chi connectivity index (χ4v) is 1.57. The van der Waals surface area contributed by atoms with Crippen molar-refractivity contribution in [2.24, 2.45) is 0 Å². The number of hydrogen-bond donors (Lipinski definition) is 2. The topological polar surface area (TPSA) is 24.1 Å². The van der Waals surface area contributed by atoms with Gasteiger partial charge in [-0.2, -0.15) is 0 Å². The maximum absolute atomic E-state index is 3.43. The summed E-state index contributed by atoms with van der Waals surface area (Å²) in [5.74, 6) is 0. The SMILES string of the molecule is CCCCNCCNc1ccc(C)c(C)c1. The molecule has 2 heteroatoms. The van der Waals surface area contributed by atoms with Gasteiger partial charge in [-0.15, -0.1) is 0 Å². The maximum Gasteiger partial charge on any atom is 0.0343 e. The summed E-state index contributed by atoms with van der Waals surface area (Å²) < 4.78 is 0. The molecule has 0 radical (unpaired) electrons. The Hall–Kier alpha value is -1.02. The minimum absolute atomic E-state index is 0.992. The van der Waals surface area contributed by atoms with Gasteiger partial charge in [-0.25, -0.2) is 0 Å². The molecule has 1 rings (SSSR count). The highest BCUT2D eigenvalue weighted by Gasteiger charge is 1.95. The van der Waals surface area contributed by atoms with Crippen LogP contribution in [0.15, 0.2) is 18.2 Å². The van der Waals surface area contributed by atoms with Gasteiger partial charge in [-0.1, -0.05) is 19.4 Å². The van der Waals surface area contributed by atoms with E-state index >= 15 is 0 Å². The van der Waals surface area contributed by atoms with Crippen molar-refractivity contribution in [3.63, 3.8) is 0 Å². The molecule has 1 aromatic rings. The molecule has 0 aliphatic carbocycles. The number of hydrogen-bond acceptors (Lipinski definition) is 2. The largest absolute Gasteiger partial charge is 0.384 e. The fraction of sp³-hybridized carbons (Fsp3) is 0.571. The Morgan fingerprint density at radius 3 is 2.50 bits per heavy atom. The lowest BCUT2D eigenvalue weighted by Crippen LogP contribution is -2.23. The van der Waals surface area contributed by atoms with Gasteiger partial charge in [0.1, 0.15) is 0 Å². The third kappa shape index (κ3) is 4.67. The molecule has 0 aliphatic heterocycles. The summed E-state index contributed by atoms with van der Waals surface area (Å²) in [5.41, 5.74) is 3.93. The molecular weight excluding hydrogens is 196 g/mol. The van der Waals surface area contributed by atoms with E-state index in [9.17, 15) is 0 Å². The van der Waals surface area contributed by atoms with Crippen molar-refractivity contribution in [2.45, 2.75) is 33.6 Å². The maximum atomic E-state index is 3.43. The van der Waals surface area contributed by atoms with E-state index < -0.39 is 0 Å². The highest BCUT2D eigenvalue weighted by molar-refractivity contribution is 5.47. The second-order valence-electron chi connectivity index (χ2n) is 4.33. The van der Waals surface area contributed by atoms with E-state index in [1.165, 1.54) is 29.7 Å². The van der Waals surface area contributed by atoms with Crippen molar-refractivity contribution in [1.29, 1.82) is 0 Å². The van der Waals surface area contributed by atoms with Crippen LogP contribution < -0.4 is 10.6 Å². The Labute approximate surface area is 99.5 Å². The lowest BCUT2D eigenvalue weighted by atomic mass is 10.1. The molecule has 0 aliphatic rings. The number of benzene rings is 1. The first kappa shape index (κ1) is 13.0. The van der Waals surface area contributed by atoms with E-state index in [-0.39, 0.29) is 0 Å². The van der Waals surface area contributed by atoms with Crippen LogP contribution in [-0.2, 0) is 0 Å². The van der Waals surface area contributed by atoms with Gasteiger partial charge < -0.3 is 10.6 Å². The second kappa shape index (κ2) is 7.29. The normalized spacial score (nSPS) is 10.4. The molecule has 0 bridgehead atoms. The van der Waals surface area contributed by atoms with Crippen molar-refractivity contribution < 1.29 is 0 Å². The van der Waals surface area contributed by atoms with Crippen LogP contribution in [0.4, 0.5) is 5.69 Å². The molecule has 0 spiro atoms. The highest BCUT2D eigenvalue weighted by atomic mass is 14.9. The van der Waals surface area contributed by atoms with Crippen LogP contribution in [0.25, 0.3) is 0 Å². The van der Waals surface area contributed by atoms with E-state index in [1.807, 2.05) is 0 Å². The van der Waals surface area contributed by atoms with Crippen molar-refractivity contribution >= 4 is 5.69 Å². The lowest BCUT2D eigenvalue weighted by Gasteiger charge is -2.09. The third-order valence-corrected chi connectivity index (χ3v) is 2.84. The van der Waals surface area contributed by atoms with E-state index in [0.717, 1.165) is 19.6 Å². The quantitative estimate of drug-likeness (QED) is 0.690. The summed E-state index contributed by atoms with van der Waals surface area (Å²) in [6.45, 7) is 9.67. The first-order valence-corrected chi connectivity index (χ1v) is 6.26. The average molecular weight is 220 g/mol. The number of nitrogens with one attached hydrogen (secondary N) is 2. The summed E-state index contributed by atoms with van der Waals surface area (Å²) in [6.07, 6.45) is 2.53. The van der Waals surface area contributed by atoms with Crippen molar-refractivity contribution in [3.8, 4) is 0 Å². The smallest absolute Gasteiger partial charge is 0.0343 e. The molecular formula is C14H24N2. The molecule has 0 saturated heterocycles. The van der Waals surface area contributed by atoms with Crippen LogP contribution in [0, 0.1) is 13.8 Å². The van der Waals surface area contributed by atoms with Crippen LogP contribution in [0.5, 0.6) is 0 Å². The van der Waals surface area contributed by atoms with Gasteiger partial charge in [0.15, 0.2) is 0 Å². The molecule has 90 valence electrons. The minimum atomic E-state index is 0.992. The van der Waals surface area contributed by atoms with Crippen LogP contribution in [0.2, 0.25) is 0 Å². The van der Waals surface area contributed by atoms with Gasteiger partial charge in [0, 0.05) is 18.8 Å². The molecule has 2 nitrogen and oxygen atoms in total. The van der Waals surface area contributed by atoms with Crippen LogP contribution >= 0.6 is 0 Å². The third-order valence-electron chi connectivity index (χ3n) is 2.84. The zero-order chi connectivity index (χ0) is 11.8. The minimum Gasteiger partial charge on any atom is -0.384 e. The van der Waals surface area contributed by atoms with Gasteiger partial charge >= 0.3 is 0 Å².